The van der Waals surface area contributed by atoms with E-state index in [-0.39, 0.29) is 29.8 Å². The zero-order valence-electron chi connectivity index (χ0n) is 9.48. The number of anilines is 1. The average molecular weight is 251 g/mol. The van der Waals surface area contributed by atoms with E-state index in [4.69, 9.17) is 5.21 Å². The second-order valence-corrected chi connectivity index (χ2v) is 3.88. The molecule has 0 aromatic carbocycles. The number of aromatic nitrogens is 1. The number of ketones is 1. The van der Waals surface area contributed by atoms with E-state index in [0.29, 0.717) is 5.69 Å². The van der Waals surface area contributed by atoms with Gasteiger partial charge in [-0.2, -0.15) is 0 Å². The van der Waals surface area contributed by atoms with Gasteiger partial charge in [-0.05, 0) is 6.92 Å². The molecule has 0 saturated heterocycles. The first-order valence-electron chi connectivity index (χ1n) is 5.20. The molecule has 1 aromatic rings. The summed E-state index contributed by atoms with van der Waals surface area (Å²) in [6.07, 6.45) is 1.12. The van der Waals surface area contributed by atoms with E-state index in [2.05, 4.69) is 15.5 Å². The van der Waals surface area contributed by atoms with Gasteiger partial charge in [0.25, 0.3) is 0 Å². The molecule has 7 heteroatoms. The highest BCUT2D eigenvalue weighted by atomic mass is 19.1. The van der Waals surface area contributed by atoms with Crippen molar-refractivity contribution in [2.75, 3.05) is 11.9 Å². The van der Waals surface area contributed by atoms with Gasteiger partial charge in [0.05, 0.1) is 17.8 Å². The number of hydrogen-bond acceptors (Lipinski definition) is 6. The molecule has 1 aliphatic heterocycles. The van der Waals surface area contributed by atoms with Gasteiger partial charge in [-0.3, -0.25) is 9.59 Å². The fourth-order valence-electron chi connectivity index (χ4n) is 1.97. The largest absolute Gasteiger partial charge is 0.411 e. The van der Waals surface area contributed by atoms with Crippen LogP contribution in [0.15, 0.2) is 11.4 Å². The van der Waals surface area contributed by atoms with Gasteiger partial charge in [0.15, 0.2) is 6.29 Å². The van der Waals surface area contributed by atoms with Crippen LogP contribution < -0.4 is 5.32 Å². The van der Waals surface area contributed by atoms with E-state index >= 15 is 0 Å². The first-order valence-corrected chi connectivity index (χ1v) is 5.20. The van der Waals surface area contributed by atoms with E-state index in [1.807, 2.05) is 0 Å². The Bertz CT molecular complexity index is 557. The molecule has 0 saturated carbocycles. The molecule has 1 aromatic heterocycles. The molecule has 0 amide bonds. The van der Waals surface area contributed by atoms with Gasteiger partial charge in [-0.25, -0.2) is 9.37 Å². The van der Waals surface area contributed by atoms with Gasteiger partial charge in [0.2, 0.25) is 5.78 Å². The van der Waals surface area contributed by atoms with Crippen molar-refractivity contribution in [3.8, 4) is 0 Å². The van der Waals surface area contributed by atoms with Crippen molar-refractivity contribution in [1.82, 2.24) is 4.98 Å². The van der Waals surface area contributed by atoms with Crippen LogP contribution in [0.2, 0.25) is 0 Å². The molecule has 0 spiro atoms. The second kappa shape index (κ2) is 4.52. The first-order chi connectivity index (χ1) is 8.60. The summed E-state index contributed by atoms with van der Waals surface area (Å²) in [6.45, 7) is 1.62. The first kappa shape index (κ1) is 12.2. The minimum absolute atomic E-state index is 0.0973. The van der Waals surface area contributed by atoms with E-state index in [1.165, 1.54) is 6.92 Å². The molecule has 0 fully saturated rings. The molecule has 1 aliphatic rings. The van der Waals surface area contributed by atoms with Crippen molar-refractivity contribution in [3.63, 3.8) is 0 Å². The van der Waals surface area contributed by atoms with Crippen LogP contribution in [0.1, 0.15) is 24.1 Å². The molecule has 18 heavy (non-hydrogen) atoms. The number of oxime groups is 1. The van der Waals surface area contributed by atoms with Gasteiger partial charge >= 0.3 is 0 Å². The van der Waals surface area contributed by atoms with Crippen LogP contribution in [0.4, 0.5) is 10.1 Å². The van der Waals surface area contributed by atoms with Crippen molar-refractivity contribution < 1.29 is 19.2 Å². The number of aldehydes is 1. The van der Waals surface area contributed by atoms with Crippen molar-refractivity contribution >= 4 is 23.5 Å². The number of nitrogens with one attached hydrogen (secondary N) is 1. The molecule has 2 N–H and O–H groups in total. The topological polar surface area (TPSA) is 91.7 Å². The number of fused-ring (bicyclic) bond motifs is 1. The maximum atomic E-state index is 13.7. The van der Waals surface area contributed by atoms with E-state index in [9.17, 15) is 14.0 Å². The Labute approximate surface area is 102 Å². The average Bonchev–Trinajstić information content (AvgIpc) is 2.83. The fourth-order valence-corrected chi connectivity index (χ4v) is 1.97. The molecule has 6 nitrogen and oxygen atoms in total. The van der Waals surface area contributed by atoms with Gasteiger partial charge in [0, 0.05) is 12.1 Å². The number of pyridine rings is 1. The Balaban J connectivity index is 2.59. The highest BCUT2D eigenvalue weighted by Gasteiger charge is 2.33. The molecular formula is C11H10FN3O3. The molecule has 2 rings (SSSR count). The molecule has 0 radical (unpaired) electrons. The Hall–Kier alpha value is -2.31. The lowest BCUT2D eigenvalue weighted by Crippen LogP contribution is -2.16. The summed E-state index contributed by atoms with van der Waals surface area (Å²) in [7, 11) is 0. The van der Waals surface area contributed by atoms with Gasteiger partial charge < -0.3 is 10.5 Å². The quantitative estimate of drug-likeness (QED) is 0.271. The molecule has 2 heterocycles. The summed E-state index contributed by atoms with van der Waals surface area (Å²) in [6, 6.07) is 0. The highest BCUT2D eigenvalue weighted by molar-refractivity contribution is 6.28. The van der Waals surface area contributed by atoms with E-state index in [0.717, 1.165) is 6.20 Å². The minimum Gasteiger partial charge on any atom is -0.411 e. The van der Waals surface area contributed by atoms with Gasteiger partial charge in [0.1, 0.15) is 17.2 Å². The molecular weight excluding hydrogens is 241 g/mol. The molecule has 94 valence electrons. The number of rotatable bonds is 3. The van der Waals surface area contributed by atoms with Crippen LogP contribution in [-0.2, 0) is 9.59 Å². The zero-order valence-corrected chi connectivity index (χ0v) is 9.48. The third-order valence-corrected chi connectivity index (χ3v) is 2.85. The van der Waals surface area contributed by atoms with E-state index < -0.39 is 17.5 Å². The third-order valence-electron chi connectivity index (χ3n) is 2.85. The predicted octanol–water partition coefficient (Wildman–Crippen LogP) is 0.696. The number of Topliss-reactive ketones (excluding diaryl/α,β-unsaturated/α-hetero) is 1. The number of nitrogens with zero attached hydrogens (tertiary/aromatic N) is 2. The Morgan fingerprint density at radius 3 is 3.06 bits per heavy atom. The summed E-state index contributed by atoms with van der Waals surface area (Å²) in [4.78, 5) is 25.7. The van der Waals surface area contributed by atoms with Gasteiger partial charge in [-0.1, -0.05) is 5.16 Å². The molecule has 1 atom stereocenters. The van der Waals surface area contributed by atoms with Crippen molar-refractivity contribution in [2.45, 2.75) is 12.8 Å². The van der Waals surface area contributed by atoms with Crippen LogP contribution in [0.5, 0.6) is 0 Å². The van der Waals surface area contributed by atoms with Crippen LogP contribution in [0.3, 0.4) is 0 Å². The predicted molar refractivity (Wildman–Crippen MR) is 60.5 cm³/mol. The van der Waals surface area contributed by atoms with Crippen LogP contribution in [0.25, 0.3) is 0 Å². The molecule has 1 unspecified atom stereocenters. The highest BCUT2D eigenvalue weighted by Crippen LogP contribution is 2.35. The zero-order chi connectivity index (χ0) is 13.3. The monoisotopic (exact) mass is 251 g/mol. The van der Waals surface area contributed by atoms with Crippen LogP contribution in [-0.4, -0.2) is 34.5 Å². The van der Waals surface area contributed by atoms with Crippen molar-refractivity contribution in [3.05, 3.63) is 23.3 Å². The molecule has 0 bridgehead atoms. The van der Waals surface area contributed by atoms with Crippen molar-refractivity contribution in [2.24, 2.45) is 5.16 Å². The maximum absolute atomic E-state index is 13.7. The summed E-state index contributed by atoms with van der Waals surface area (Å²) < 4.78 is 13.7. The maximum Gasteiger partial charge on any atom is 0.204 e. The van der Waals surface area contributed by atoms with Crippen LogP contribution in [0, 0.1) is 5.82 Å². The lowest BCUT2D eigenvalue weighted by molar-refractivity contribution is -0.130. The Kier molecular flexibility index (Phi) is 3.05. The fraction of sp³-hybridized carbons (Fsp3) is 0.273. The number of halogens is 1. The Morgan fingerprint density at radius 1 is 1.72 bits per heavy atom. The lowest BCUT2D eigenvalue weighted by Gasteiger charge is -2.08. The lowest BCUT2D eigenvalue weighted by atomic mass is 9.96. The molecule has 0 aliphatic carbocycles. The minimum atomic E-state index is -0.856. The van der Waals surface area contributed by atoms with Crippen LogP contribution >= 0.6 is 0 Å². The SMILES string of the molecule is C/C(=N\O)c1ncc(F)c2c1NCC2C(=O)C=O. The van der Waals surface area contributed by atoms with Gasteiger partial charge in [-0.15, -0.1) is 0 Å². The number of hydrogen-bond donors (Lipinski definition) is 2. The standard InChI is InChI=1S/C11H10FN3O3/c1-5(15-18)10-11-9(7(12)3-14-10)6(2-13-11)8(17)4-16/h3-4,6,13,18H,2H2,1H3/b15-5+. The number of carbonyl (C=O) groups is 2. The summed E-state index contributed by atoms with van der Waals surface area (Å²) in [5.74, 6) is -2.22. The third kappa shape index (κ3) is 1.73. The van der Waals surface area contributed by atoms with E-state index in [1.54, 1.807) is 0 Å². The Morgan fingerprint density at radius 2 is 2.44 bits per heavy atom. The van der Waals surface area contributed by atoms with Crippen molar-refractivity contribution in [1.29, 1.82) is 0 Å². The number of carbonyl (C=O) groups excluding carboxylic acids is 2. The second-order valence-electron chi connectivity index (χ2n) is 3.88. The normalized spacial score (nSPS) is 18.1. The summed E-state index contributed by atoms with van der Waals surface area (Å²) in [5.41, 5.74) is 0.846. The summed E-state index contributed by atoms with van der Waals surface area (Å²) in [5, 5.41) is 14.5. The smallest absolute Gasteiger partial charge is 0.204 e. The summed E-state index contributed by atoms with van der Waals surface area (Å²) >= 11 is 0.